The van der Waals surface area contributed by atoms with Gasteiger partial charge in [-0.05, 0) is 21.1 Å². The van der Waals surface area contributed by atoms with E-state index in [1.54, 1.807) is 4.90 Å². The van der Waals surface area contributed by atoms with Crippen molar-refractivity contribution in [3.8, 4) is 0 Å². The molecular weight excluding hydrogens is 215 g/mol. The smallest absolute Gasteiger partial charge is 0.320 e. The lowest BCUT2D eigenvalue weighted by Gasteiger charge is -2.08. The molecule has 0 aliphatic rings. The van der Waals surface area contributed by atoms with Crippen LogP contribution in [0.1, 0.15) is 0 Å². The van der Waals surface area contributed by atoms with Gasteiger partial charge in [-0.25, -0.2) is 0 Å². The van der Waals surface area contributed by atoms with Gasteiger partial charge in [0.25, 0.3) is 0 Å². The number of hydrogen-bond acceptors (Lipinski definition) is 4. The van der Waals surface area contributed by atoms with E-state index in [1.807, 2.05) is 21.1 Å². The average Bonchev–Trinajstić information content (AvgIpc) is 1.86. The van der Waals surface area contributed by atoms with Crippen LogP contribution in [0.5, 0.6) is 0 Å². The number of nitrogens with one attached hydrogen (secondary N) is 1. The Morgan fingerprint density at radius 3 is 2.31 bits per heavy atom. The van der Waals surface area contributed by atoms with Crippen molar-refractivity contribution in [1.29, 1.82) is 0 Å². The lowest BCUT2D eigenvalue weighted by atomic mass is 10.6. The van der Waals surface area contributed by atoms with Gasteiger partial charge in [0.15, 0.2) is 0 Å². The van der Waals surface area contributed by atoms with Crippen LogP contribution in [0.15, 0.2) is 0 Å². The van der Waals surface area contributed by atoms with Gasteiger partial charge in [0.05, 0.1) is 6.54 Å². The Morgan fingerprint density at radius 1 is 1.38 bits per heavy atom. The molecule has 82 valence electrons. The van der Waals surface area contributed by atoms with E-state index < -0.39 is 0 Å². The molecule has 0 aromatic carbocycles. The molecule has 0 bridgehead atoms. The Balaban J connectivity index is -0.000000500. The molecule has 0 aliphatic heterocycles. The molecule has 0 aliphatic carbocycles. The Morgan fingerprint density at radius 2 is 1.92 bits per heavy atom. The standard InChI is InChI=1S/C7H16N2O2.2ClH/c1-8-4-5-11-7(10)6-9(2)3;;/h8H,4-6H2,1-3H3;2*1H. The third kappa shape index (κ3) is 14.8. The third-order valence-electron chi connectivity index (χ3n) is 1.06. The molecule has 0 radical (unpaired) electrons. The Kier molecular flexibility index (Phi) is 17.2. The fraction of sp³-hybridized carbons (Fsp3) is 0.857. The zero-order chi connectivity index (χ0) is 8.69. The molecule has 0 aromatic heterocycles. The van der Waals surface area contributed by atoms with Crippen LogP contribution in [0.25, 0.3) is 0 Å². The highest BCUT2D eigenvalue weighted by Crippen LogP contribution is 1.80. The second kappa shape index (κ2) is 12.0. The van der Waals surface area contributed by atoms with Crippen molar-refractivity contribution in [3.05, 3.63) is 0 Å². The lowest BCUT2D eigenvalue weighted by Crippen LogP contribution is -2.26. The van der Waals surface area contributed by atoms with Crippen LogP contribution in [0.3, 0.4) is 0 Å². The quantitative estimate of drug-likeness (QED) is 0.542. The Bertz CT molecular complexity index is 123. The first-order chi connectivity index (χ1) is 5.16. The third-order valence-corrected chi connectivity index (χ3v) is 1.06. The van der Waals surface area contributed by atoms with Crippen LogP contribution in [0.2, 0.25) is 0 Å². The summed E-state index contributed by atoms with van der Waals surface area (Å²) in [5.74, 6) is -0.176. The van der Waals surface area contributed by atoms with E-state index in [4.69, 9.17) is 4.74 Å². The van der Waals surface area contributed by atoms with E-state index >= 15 is 0 Å². The minimum absolute atomic E-state index is 0. The molecule has 0 unspecified atom stereocenters. The van der Waals surface area contributed by atoms with E-state index in [0.29, 0.717) is 19.7 Å². The molecule has 0 spiro atoms. The van der Waals surface area contributed by atoms with Crippen molar-refractivity contribution in [2.75, 3.05) is 40.8 Å². The van der Waals surface area contributed by atoms with Crippen molar-refractivity contribution in [2.45, 2.75) is 0 Å². The maximum absolute atomic E-state index is 10.8. The summed E-state index contributed by atoms with van der Waals surface area (Å²) in [6, 6.07) is 0. The average molecular weight is 233 g/mol. The summed E-state index contributed by atoms with van der Waals surface area (Å²) < 4.78 is 4.85. The summed E-state index contributed by atoms with van der Waals surface area (Å²) in [6.45, 7) is 1.51. The molecule has 13 heavy (non-hydrogen) atoms. The maximum atomic E-state index is 10.8. The van der Waals surface area contributed by atoms with E-state index in [9.17, 15) is 4.79 Å². The SMILES string of the molecule is CNCCOC(=O)CN(C)C.Cl.Cl. The highest BCUT2D eigenvalue weighted by Gasteiger charge is 2.02. The number of likely N-dealkylation sites (N-methyl/N-ethyl adjacent to an activating group) is 2. The van der Waals surface area contributed by atoms with Crippen molar-refractivity contribution in [1.82, 2.24) is 10.2 Å². The minimum Gasteiger partial charge on any atom is -0.463 e. The number of esters is 1. The van der Waals surface area contributed by atoms with Crippen molar-refractivity contribution < 1.29 is 9.53 Å². The van der Waals surface area contributed by atoms with Gasteiger partial charge < -0.3 is 10.1 Å². The number of hydrogen-bond donors (Lipinski definition) is 1. The number of ether oxygens (including phenoxy) is 1. The molecule has 0 amide bonds. The number of rotatable bonds is 5. The van der Waals surface area contributed by atoms with Gasteiger partial charge in [-0.15, -0.1) is 24.8 Å². The van der Waals surface area contributed by atoms with E-state index in [0.717, 1.165) is 0 Å². The van der Waals surface area contributed by atoms with Gasteiger partial charge in [-0.3, -0.25) is 9.69 Å². The lowest BCUT2D eigenvalue weighted by molar-refractivity contribution is -0.144. The molecule has 0 heterocycles. The van der Waals surface area contributed by atoms with Crippen molar-refractivity contribution in [2.24, 2.45) is 0 Å². The second-order valence-electron chi connectivity index (χ2n) is 2.56. The van der Waals surface area contributed by atoms with E-state index in [-0.39, 0.29) is 30.8 Å². The predicted octanol–water partition coefficient (Wildman–Crippen LogP) is 0.154. The largest absolute Gasteiger partial charge is 0.463 e. The van der Waals surface area contributed by atoms with E-state index in [1.165, 1.54) is 0 Å². The van der Waals surface area contributed by atoms with Gasteiger partial charge in [-0.1, -0.05) is 0 Å². The molecule has 0 saturated carbocycles. The first kappa shape index (κ1) is 18.7. The molecule has 1 N–H and O–H groups in total. The Hall–Kier alpha value is -0.0300. The van der Waals surface area contributed by atoms with Crippen LogP contribution >= 0.6 is 24.8 Å². The van der Waals surface area contributed by atoms with Gasteiger partial charge in [-0.2, -0.15) is 0 Å². The summed E-state index contributed by atoms with van der Waals surface area (Å²) in [5, 5.41) is 2.89. The van der Waals surface area contributed by atoms with Gasteiger partial charge in [0.2, 0.25) is 0 Å². The molecule has 0 saturated heterocycles. The minimum atomic E-state index is -0.176. The first-order valence-electron chi connectivity index (χ1n) is 3.61. The topological polar surface area (TPSA) is 41.6 Å². The zero-order valence-electron chi connectivity index (χ0n) is 8.20. The van der Waals surface area contributed by atoms with Crippen LogP contribution in [-0.4, -0.2) is 51.7 Å². The highest BCUT2D eigenvalue weighted by atomic mass is 35.5. The molecule has 6 heteroatoms. The monoisotopic (exact) mass is 232 g/mol. The van der Waals surface area contributed by atoms with Crippen LogP contribution < -0.4 is 5.32 Å². The predicted molar refractivity (Wildman–Crippen MR) is 57.9 cm³/mol. The number of carbonyl (C=O) groups excluding carboxylic acids is 1. The maximum Gasteiger partial charge on any atom is 0.320 e. The summed E-state index contributed by atoms with van der Waals surface area (Å²) in [7, 11) is 5.48. The summed E-state index contributed by atoms with van der Waals surface area (Å²) >= 11 is 0. The molecular formula is C7H18Cl2N2O2. The van der Waals surface area contributed by atoms with Gasteiger partial charge in [0, 0.05) is 6.54 Å². The van der Waals surface area contributed by atoms with Crippen LogP contribution in [0.4, 0.5) is 0 Å². The van der Waals surface area contributed by atoms with Crippen molar-refractivity contribution in [3.63, 3.8) is 0 Å². The molecule has 0 aromatic rings. The summed E-state index contributed by atoms with van der Waals surface area (Å²) in [4.78, 5) is 12.6. The van der Waals surface area contributed by atoms with Gasteiger partial charge >= 0.3 is 5.97 Å². The first-order valence-corrected chi connectivity index (χ1v) is 3.61. The Labute approximate surface area is 91.8 Å². The fourth-order valence-corrected chi connectivity index (χ4v) is 0.571. The van der Waals surface area contributed by atoms with Crippen LogP contribution in [-0.2, 0) is 9.53 Å². The van der Waals surface area contributed by atoms with E-state index in [2.05, 4.69) is 5.32 Å². The molecule has 0 fully saturated rings. The number of nitrogens with zero attached hydrogens (tertiary/aromatic N) is 1. The highest BCUT2D eigenvalue weighted by molar-refractivity contribution is 5.85. The number of halogens is 2. The fourth-order valence-electron chi connectivity index (χ4n) is 0.571. The van der Waals surface area contributed by atoms with Gasteiger partial charge in [0.1, 0.15) is 6.61 Å². The van der Waals surface area contributed by atoms with Crippen LogP contribution in [0, 0.1) is 0 Å². The zero-order valence-corrected chi connectivity index (χ0v) is 9.83. The van der Waals surface area contributed by atoms with Crippen molar-refractivity contribution >= 4 is 30.8 Å². The summed E-state index contributed by atoms with van der Waals surface area (Å²) in [5.41, 5.74) is 0. The summed E-state index contributed by atoms with van der Waals surface area (Å²) in [6.07, 6.45) is 0. The molecule has 4 nitrogen and oxygen atoms in total. The second-order valence-corrected chi connectivity index (χ2v) is 2.56. The number of carbonyl (C=O) groups is 1. The normalized spacial score (nSPS) is 8.62. The molecule has 0 rings (SSSR count). The molecule has 0 atom stereocenters.